The number of hydrogen-bond donors (Lipinski definition) is 2. The van der Waals surface area contributed by atoms with Crippen LogP contribution in [0.4, 0.5) is 0 Å². The lowest BCUT2D eigenvalue weighted by Gasteiger charge is -2.09. The van der Waals surface area contributed by atoms with Gasteiger partial charge in [-0.25, -0.2) is 0 Å². The van der Waals surface area contributed by atoms with Crippen molar-refractivity contribution in [2.45, 2.75) is 31.8 Å². The van der Waals surface area contributed by atoms with E-state index in [-0.39, 0.29) is 12.1 Å². The number of thiophene rings is 1. The topological polar surface area (TPSA) is 49.3 Å². The van der Waals surface area contributed by atoms with E-state index in [9.17, 15) is 4.79 Å². The maximum atomic E-state index is 10.7. The third-order valence-corrected chi connectivity index (χ3v) is 3.70. The lowest BCUT2D eigenvalue weighted by molar-refractivity contribution is -0.139. The molecule has 0 aliphatic carbocycles. The number of aliphatic carboxylic acids is 1. The molecule has 1 aliphatic rings. The van der Waals surface area contributed by atoms with Crippen molar-refractivity contribution in [2.24, 2.45) is 0 Å². The lowest BCUT2D eigenvalue weighted by atomic mass is 10.1. The minimum absolute atomic E-state index is 0.245. The number of hydrogen-bond acceptors (Lipinski definition) is 3. The molecule has 3 nitrogen and oxygen atoms in total. The zero-order chi connectivity index (χ0) is 10.1. The van der Waals surface area contributed by atoms with E-state index >= 15 is 0 Å². The molecule has 1 fully saturated rings. The van der Waals surface area contributed by atoms with Crippen LogP contribution in [0, 0.1) is 6.92 Å². The smallest absolute Gasteiger partial charge is 0.320 e. The zero-order valence-corrected chi connectivity index (χ0v) is 8.80. The standard InChI is InChI=1S/C10H13NO2S/c1-6-4-9(14-5-6)7-2-3-8(11-7)10(12)13/h4-5,7-8,11H,2-3H2,1H3,(H,12,13). The lowest BCUT2D eigenvalue weighted by Crippen LogP contribution is -2.31. The number of rotatable bonds is 2. The van der Waals surface area contributed by atoms with Gasteiger partial charge in [0.25, 0.3) is 0 Å². The van der Waals surface area contributed by atoms with Gasteiger partial charge in [-0.15, -0.1) is 11.3 Å². The Morgan fingerprint density at radius 2 is 2.43 bits per heavy atom. The van der Waals surface area contributed by atoms with Gasteiger partial charge in [0, 0.05) is 10.9 Å². The van der Waals surface area contributed by atoms with E-state index in [1.807, 2.05) is 0 Å². The summed E-state index contributed by atoms with van der Waals surface area (Å²) in [5.74, 6) is -0.735. The third kappa shape index (κ3) is 1.81. The predicted octanol–water partition coefficient (Wildman–Crippen LogP) is 1.93. The molecular formula is C10H13NO2S. The number of carboxylic acids is 1. The average Bonchev–Trinajstić information content (AvgIpc) is 2.70. The zero-order valence-electron chi connectivity index (χ0n) is 7.99. The second-order valence-electron chi connectivity index (χ2n) is 3.71. The molecule has 1 aliphatic heterocycles. The van der Waals surface area contributed by atoms with E-state index in [0.29, 0.717) is 0 Å². The summed E-state index contributed by atoms with van der Waals surface area (Å²) in [6, 6.07) is 2.02. The first-order valence-corrected chi connectivity index (χ1v) is 5.58. The summed E-state index contributed by atoms with van der Waals surface area (Å²) in [4.78, 5) is 12.0. The quantitative estimate of drug-likeness (QED) is 0.786. The molecule has 0 radical (unpaired) electrons. The maximum absolute atomic E-state index is 10.7. The van der Waals surface area contributed by atoms with Crippen LogP contribution in [0.25, 0.3) is 0 Å². The highest BCUT2D eigenvalue weighted by Gasteiger charge is 2.30. The van der Waals surface area contributed by atoms with Gasteiger partial charge in [-0.1, -0.05) is 0 Å². The monoisotopic (exact) mass is 211 g/mol. The second-order valence-corrected chi connectivity index (χ2v) is 4.66. The summed E-state index contributed by atoms with van der Waals surface area (Å²) < 4.78 is 0. The minimum atomic E-state index is -0.735. The number of nitrogens with one attached hydrogen (secondary N) is 1. The summed E-state index contributed by atoms with van der Waals surface area (Å²) in [6.45, 7) is 2.06. The first-order valence-electron chi connectivity index (χ1n) is 4.70. The third-order valence-electron chi connectivity index (χ3n) is 2.54. The highest BCUT2D eigenvalue weighted by Crippen LogP contribution is 2.30. The van der Waals surface area contributed by atoms with Crippen molar-refractivity contribution in [3.8, 4) is 0 Å². The van der Waals surface area contributed by atoms with Crippen molar-refractivity contribution in [3.63, 3.8) is 0 Å². The van der Waals surface area contributed by atoms with Gasteiger partial charge >= 0.3 is 5.97 Å². The van der Waals surface area contributed by atoms with Crippen molar-refractivity contribution in [2.75, 3.05) is 0 Å². The highest BCUT2D eigenvalue weighted by molar-refractivity contribution is 7.10. The molecule has 2 heterocycles. The van der Waals surface area contributed by atoms with Crippen molar-refractivity contribution in [1.29, 1.82) is 0 Å². The van der Waals surface area contributed by atoms with E-state index in [1.54, 1.807) is 11.3 Å². The van der Waals surface area contributed by atoms with E-state index in [4.69, 9.17) is 5.11 Å². The Bertz CT molecular complexity index is 348. The molecule has 0 amide bonds. The van der Waals surface area contributed by atoms with Crippen molar-refractivity contribution < 1.29 is 9.90 Å². The molecule has 0 saturated carbocycles. The van der Waals surface area contributed by atoms with Crippen LogP contribution in [0.3, 0.4) is 0 Å². The first-order chi connectivity index (χ1) is 6.66. The fourth-order valence-electron chi connectivity index (χ4n) is 1.80. The van der Waals surface area contributed by atoms with Crippen LogP contribution in [-0.4, -0.2) is 17.1 Å². The Morgan fingerprint density at radius 3 is 2.93 bits per heavy atom. The van der Waals surface area contributed by atoms with Crippen LogP contribution in [0.1, 0.15) is 29.3 Å². The predicted molar refractivity (Wildman–Crippen MR) is 55.6 cm³/mol. The molecule has 2 atom stereocenters. The van der Waals surface area contributed by atoms with E-state index in [2.05, 4.69) is 23.7 Å². The van der Waals surface area contributed by atoms with Crippen LogP contribution in [0.5, 0.6) is 0 Å². The molecule has 2 rings (SSSR count). The molecule has 4 heteroatoms. The highest BCUT2D eigenvalue weighted by atomic mass is 32.1. The van der Waals surface area contributed by atoms with Crippen molar-refractivity contribution in [3.05, 3.63) is 21.9 Å². The Balaban J connectivity index is 2.05. The molecule has 1 saturated heterocycles. The normalized spacial score (nSPS) is 26.6. The van der Waals surface area contributed by atoms with Gasteiger partial charge in [0.15, 0.2) is 0 Å². The Kier molecular flexibility index (Phi) is 2.56. The van der Waals surface area contributed by atoms with E-state index in [1.165, 1.54) is 10.4 Å². The van der Waals surface area contributed by atoms with Crippen LogP contribution in [-0.2, 0) is 4.79 Å². The van der Waals surface area contributed by atoms with Gasteiger partial charge in [-0.05, 0) is 36.8 Å². The van der Waals surface area contributed by atoms with Crippen LogP contribution in [0.2, 0.25) is 0 Å². The molecule has 14 heavy (non-hydrogen) atoms. The first kappa shape index (κ1) is 9.68. The SMILES string of the molecule is Cc1csc(C2CCC(C(=O)O)N2)c1. The van der Waals surface area contributed by atoms with Crippen LogP contribution < -0.4 is 5.32 Å². The largest absolute Gasteiger partial charge is 0.480 e. The van der Waals surface area contributed by atoms with E-state index < -0.39 is 5.97 Å². The van der Waals surface area contributed by atoms with Gasteiger partial charge in [0.2, 0.25) is 0 Å². The molecule has 2 N–H and O–H groups in total. The molecule has 0 aromatic carbocycles. The number of aryl methyl sites for hydroxylation is 1. The van der Waals surface area contributed by atoms with E-state index in [0.717, 1.165) is 12.8 Å². The summed E-state index contributed by atoms with van der Waals surface area (Å²) in [7, 11) is 0. The molecular weight excluding hydrogens is 198 g/mol. The average molecular weight is 211 g/mol. The summed E-state index contributed by atoms with van der Waals surface area (Å²) in [5.41, 5.74) is 1.26. The van der Waals surface area contributed by atoms with Crippen LogP contribution >= 0.6 is 11.3 Å². The number of carboxylic acid groups (broad SMARTS) is 1. The van der Waals surface area contributed by atoms with Crippen LogP contribution in [0.15, 0.2) is 11.4 Å². The van der Waals surface area contributed by atoms with Crippen molar-refractivity contribution >= 4 is 17.3 Å². The summed E-state index contributed by atoms with van der Waals surface area (Å²) in [6.07, 6.45) is 1.66. The Hall–Kier alpha value is -0.870. The van der Waals surface area contributed by atoms with Gasteiger partial charge in [-0.2, -0.15) is 0 Å². The molecule has 0 spiro atoms. The van der Waals surface area contributed by atoms with Crippen molar-refractivity contribution in [1.82, 2.24) is 5.32 Å². The minimum Gasteiger partial charge on any atom is -0.480 e. The van der Waals surface area contributed by atoms with Gasteiger partial charge in [0.1, 0.15) is 6.04 Å². The molecule has 76 valence electrons. The fourth-order valence-corrected chi connectivity index (χ4v) is 2.79. The summed E-state index contributed by atoms with van der Waals surface area (Å²) in [5, 5.41) is 14.1. The molecule has 1 aromatic rings. The Morgan fingerprint density at radius 1 is 1.64 bits per heavy atom. The van der Waals surface area contributed by atoms with Gasteiger partial charge in [0.05, 0.1) is 0 Å². The molecule has 1 aromatic heterocycles. The van der Waals surface area contributed by atoms with Gasteiger partial charge in [-0.3, -0.25) is 10.1 Å². The fraction of sp³-hybridized carbons (Fsp3) is 0.500. The summed E-state index contributed by atoms with van der Waals surface area (Å²) >= 11 is 1.71. The molecule has 0 bridgehead atoms. The second kappa shape index (κ2) is 3.71. The Labute approximate surface area is 86.8 Å². The maximum Gasteiger partial charge on any atom is 0.320 e. The number of carbonyl (C=O) groups is 1. The van der Waals surface area contributed by atoms with Gasteiger partial charge < -0.3 is 5.11 Å². The molecule has 2 unspecified atom stereocenters.